The standard InChI is InChI=1S/C13H18N2OS/c1-10(2)8-14-13(17)15-9-11-5-4-6-12(7-11)16-3/h4-7H,1,8-9H2,2-3H3,(H2,14,15,17). The molecule has 3 nitrogen and oxygen atoms in total. The third kappa shape index (κ3) is 5.36. The van der Waals surface area contributed by atoms with E-state index in [4.69, 9.17) is 17.0 Å². The maximum Gasteiger partial charge on any atom is 0.166 e. The van der Waals surface area contributed by atoms with Gasteiger partial charge in [-0.1, -0.05) is 24.3 Å². The molecule has 92 valence electrons. The van der Waals surface area contributed by atoms with E-state index < -0.39 is 0 Å². The summed E-state index contributed by atoms with van der Waals surface area (Å²) >= 11 is 5.14. The lowest BCUT2D eigenvalue weighted by Crippen LogP contribution is -2.35. The van der Waals surface area contributed by atoms with E-state index in [-0.39, 0.29) is 0 Å². The molecule has 0 bridgehead atoms. The average molecular weight is 250 g/mol. The fraction of sp³-hybridized carbons (Fsp3) is 0.308. The highest BCUT2D eigenvalue weighted by atomic mass is 32.1. The van der Waals surface area contributed by atoms with E-state index in [0.29, 0.717) is 18.2 Å². The van der Waals surface area contributed by atoms with Crippen LogP contribution in [-0.4, -0.2) is 18.8 Å². The van der Waals surface area contributed by atoms with Crippen LogP contribution in [-0.2, 0) is 6.54 Å². The van der Waals surface area contributed by atoms with Crippen molar-refractivity contribution in [1.82, 2.24) is 10.6 Å². The number of hydrogen-bond acceptors (Lipinski definition) is 2. The topological polar surface area (TPSA) is 33.3 Å². The van der Waals surface area contributed by atoms with Gasteiger partial charge in [0.2, 0.25) is 0 Å². The molecule has 0 spiro atoms. The lowest BCUT2D eigenvalue weighted by atomic mass is 10.2. The van der Waals surface area contributed by atoms with Crippen molar-refractivity contribution in [3.05, 3.63) is 42.0 Å². The molecule has 0 atom stereocenters. The molecule has 4 heteroatoms. The molecule has 0 heterocycles. The summed E-state index contributed by atoms with van der Waals surface area (Å²) in [6.45, 7) is 7.14. The molecule has 2 N–H and O–H groups in total. The molecule has 0 aromatic heterocycles. The van der Waals surface area contributed by atoms with Crippen LogP contribution in [0.1, 0.15) is 12.5 Å². The van der Waals surface area contributed by atoms with Crippen molar-refractivity contribution in [3.63, 3.8) is 0 Å². The fourth-order valence-corrected chi connectivity index (χ4v) is 1.40. The van der Waals surface area contributed by atoms with E-state index in [2.05, 4.69) is 17.2 Å². The first kappa shape index (κ1) is 13.5. The van der Waals surface area contributed by atoms with Gasteiger partial charge in [-0.3, -0.25) is 0 Å². The fourth-order valence-electron chi connectivity index (χ4n) is 1.26. The van der Waals surface area contributed by atoms with E-state index in [1.54, 1.807) is 7.11 Å². The number of methoxy groups -OCH3 is 1. The summed E-state index contributed by atoms with van der Waals surface area (Å²) in [5.74, 6) is 0.852. The Kier molecular flexibility index (Phi) is 5.49. The molecule has 0 aliphatic heterocycles. The molecule has 0 saturated carbocycles. The van der Waals surface area contributed by atoms with Gasteiger partial charge in [0.05, 0.1) is 7.11 Å². The van der Waals surface area contributed by atoms with Crippen LogP contribution in [0.5, 0.6) is 5.75 Å². The number of hydrogen-bond donors (Lipinski definition) is 2. The Hall–Kier alpha value is -1.55. The molecule has 0 radical (unpaired) electrons. The highest BCUT2D eigenvalue weighted by Gasteiger charge is 1.98. The van der Waals surface area contributed by atoms with Gasteiger partial charge in [-0.2, -0.15) is 0 Å². The summed E-state index contributed by atoms with van der Waals surface area (Å²) in [4.78, 5) is 0. The van der Waals surface area contributed by atoms with Crippen LogP contribution in [0.3, 0.4) is 0 Å². The SMILES string of the molecule is C=C(C)CNC(=S)NCc1cccc(OC)c1. The van der Waals surface area contributed by atoms with Crippen molar-refractivity contribution in [1.29, 1.82) is 0 Å². The van der Waals surface area contributed by atoms with Gasteiger partial charge in [-0.15, -0.1) is 0 Å². The average Bonchev–Trinajstić information content (AvgIpc) is 2.34. The zero-order valence-electron chi connectivity index (χ0n) is 10.2. The van der Waals surface area contributed by atoms with Crippen molar-refractivity contribution < 1.29 is 4.74 Å². The Bertz CT molecular complexity index is 404. The minimum atomic E-state index is 0.635. The number of thiocarbonyl (C=S) groups is 1. The molecule has 0 aliphatic rings. The normalized spacial score (nSPS) is 9.53. The Balaban J connectivity index is 2.39. The Morgan fingerprint density at radius 1 is 1.41 bits per heavy atom. The van der Waals surface area contributed by atoms with E-state index in [0.717, 1.165) is 16.9 Å². The van der Waals surface area contributed by atoms with Gasteiger partial charge in [-0.05, 0) is 36.8 Å². The van der Waals surface area contributed by atoms with Crippen LogP contribution < -0.4 is 15.4 Å². The van der Waals surface area contributed by atoms with E-state index in [1.165, 1.54) is 0 Å². The Morgan fingerprint density at radius 2 is 2.18 bits per heavy atom. The molecule has 0 saturated heterocycles. The zero-order valence-corrected chi connectivity index (χ0v) is 11.1. The van der Waals surface area contributed by atoms with Gasteiger partial charge in [-0.25, -0.2) is 0 Å². The first-order chi connectivity index (χ1) is 8.11. The Morgan fingerprint density at radius 3 is 2.82 bits per heavy atom. The molecule has 0 aliphatic carbocycles. The summed E-state index contributed by atoms with van der Waals surface area (Å²) < 4.78 is 5.15. The van der Waals surface area contributed by atoms with Gasteiger partial charge >= 0.3 is 0 Å². The van der Waals surface area contributed by atoms with E-state index in [1.807, 2.05) is 31.2 Å². The van der Waals surface area contributed by atoms with Gasteiger partial charge in [0.1, 0.15) is 5.75 Å². The third-order valence-electron chi connectivity index (χ3n) is 2.14. The largest absolute Gasteiger partial charge is 0.497 e. The highest BCUT2D eigenvalue weighted by molar-refractivity contribution is 7.80. The van der Waals surface area contributed by atoms with Crippen molar-refractivity contribution >= 4 is 17.3 Å². The highest BCUT2D eigenvalue weighted by Crippen LogP contribution is 2.11. The molecule has 1 aromatic rings. The van der Waals surface area contributed by atoms with Crippen LogP contribution in [0.2, 0.25) is 0 Å². The monoisotopic (exact) mass is 250 g/mol. The first-order valence-electron chi connectivity index (χ1n) is 5.41. The molecule has 1 rings (SSSR count). The van der Waals surface area contributed by atoms with Gasteiger partial charge in [0.15, 0.2) is 5.11 Å². The summed E-state index contributed by atoms with van der Waals surface area (Å²) in [7, 11) is 1.66. The van der Waals surface area contributed by atoms with Gasteiger partial charge < -0.3 is 15.4 Å². The molecular weight excluding hydrogens is 232 g/mol. The number of ether oxygens (including phenoxy) is 1. The summed E-state index contributed by atoms with van der Waals surface area (Å²) in [5.41, 5.74) is 2.18. The van der Waals surface area contributed by atoms with Crippen molar-refractivity contribution in [2.45, 2.75) is 13.5 Å². The minimum Gasteiger partial charge on any atom is -0.497 e. The minimum absolute atomic E-state index is 0.635. The number of rotatable bonds is 5. The quantitative estimate of drug-likeness (QED) is 0.620. The maximum atomic E-state index is 5.15. The predicted octanol–water partition coefficient (Wildman–Crippen LogP) is 2.24. The second kappa shape index (κ2) is 6.91. The van der Waals surface area contributed by atoms with E-state index in [9.17, 15) is 0 Å². The van der Waals surface area contributed by atoms with Gasteiger partial charge in [0, 0.05) is 13.1 Å². The molecule has 0 amide bonds. The van der Waals surface area contributed by atoms with Crippen LogP contribution in [0.4, 0.5) is 0 Å². The number of benzene rings is 1. The number of nitrogens with one attached hydrogen (secondary N) is 2. The van der Waals surface area contributed by atoms with Crippen molar-refractivity contribution in [2.75, 3.05) is 13.7 Å². The lowest BCUT2D eigenvalue weighted by molar-refractivity contribution is 0.414. The molecule has 17 heavy (non-hydrogen) atoms. The molecule has 0 unspecified atom stereocenters. The molecule has 1 aromatic carbocycles. The van der Waals surface area contributed by atoms with Gasteiger partial charge in [0.25, 0.3) is 0 Å². The second-order valence-corrected chi connectivity index (χ2v) is 4.25. The summed E-state index contributed by atoms with van der Waals surface area (Å²) in [5, 5.41) is 6.83. The maximum absolute atomic E-state index is 5.15. The molecule has 0 fully saturated rings. The van der Waals surface area contributed by atoms with Crippen molar-refractivity contribution in [2.24, 2.45) is 0 Å². The zero-order chi connectivity index (χ0) is 12.7. The molecular formula is C13H18N2OS. The smallest absolute Gasteiger partial charge is 0.166 e. The summed E-state index contributed by atoms with van der Waals surface area (Å²) in [6, 6.07) is 7.88. The Labute approximate surface area is 108 Å². The first-order valence-corrected chi connectivity index (χ1v) is 5.81. The van der Waals surface area contributed by atoms with Crippen molar-refractivity contribution in [3.8, 4) is 5.75 Å². The second-order valence-electron chi connectivity index (χ2n) is 3.84. The van der Waals surface area contributed by atoms with Crippen LogP contribution in [0, 0.1) is 0 Å². The van der Waals surface area contributed by atoms with E-state index >= 15 is 0 Å². The van der Waals surface area contributed by atoms with Crippen LogP contribution in [0.15, 0.2) is 36.4 Å². The predicted molar refractivity (Wildman–Crippen MR) is 75.2 cm³/mol. The van der Waals surface area contributed by atoms with Crippen LogP contribution in [0.25, 0.3) is 0 Å². The lowest BCUT2D eigenvalue weighted by Gasteiger charge is -2.10. The third-order valence-corrected chi connectivity index (χ3v) is 2.43. The van der Waals surface area contributed by atoms with Crippen LogP contribution >= 0.6 is 12.2 Å². The summed E-state index contributed by atoms with van der Waals surface area (Å²) in [6.07, 6.45) is 0.